The van der Waals surface area contributed by atoms with Crippen LogP contribution < -0.4 is 5.32 Å². The summed E-state index contributed by atoms with van der Waals surface area (Å²) >= 11 is 4.21. The number of esters is 1. The molecule has 0 aromatic rings. The van der Waals surface area contributed by atoms with Crippen molar-refractivity contribution >= 4 is 18.6 Å². The molecule has 15 heavy (non-hydrogen) atoms. The van der Waals surface area contributed by atoms with Gasteiger partial charge in [-0.1, -0.05) is 0 Å². The highest BCUT2D eigenvalue weighted by Crippen LogP contribution is 2.59. The molecule has 1 aliphatic heterocycles. The molecule has 1 spiro atoms. The summed E-state index contributed by atoms with van der Waals surface area (Å²) in [5, 5.41) is 3.41. The number of fused-ring (bicyclic) bond motifs is 3. The number of carbonyl (C=O) groups excluding carboxylic acids is 1. The number of rotatable bonds is 2. The SMILES string of the molecule is O=C1OCCC12CC1CC2CC1NCS. The second-order valence-corrected chi connectivity index (χ2v) is 5.46. The fourth-order valence-corrected chi connectivity index (χ4v) is 4.17. The van der Waals surface area contributed by atoms with Crippen LogP contribution in [0.3, 0.4) is 0 Å². The molecule has 2 aliphatic carbocycles. The number of hydrogen-bond donors (Lipinski definition) is 2. The average molecular weight is 227 g/mol. The first-order valence-corrected chi connectivity index (χ1v) is 6.41. The minimum Gasteiger partial charge on any atom is -0.465 e. The minimum absolute atomic E-state index is 0.0827. The predicted octanol–water partition coefficient (Wildman–Crippen LogP) is 1.20. The first-order valence-electron chi connectivity index (χ1n) is 5.78. The van der Waals surface area contributed by atoms with Crippen molar-refractivity contribution in [3.63, 3.8) is 0 Å². The molecular weight excluding hydrogens is 210 g/mol. The van der Waals surface area contributed by atoms with Gasteiger partial charge < -0.3 is 10.1 Å². The van der Waals surface area contributed by atoms with Crippen LogP contribution in [-0.2, 0) is 9.53 Å². The Balaban J connectivity index is 1.77. The first-order chi connectivity index (χ1) is 7.26. The smallest absolute Gasteiger partial charge is 0.312 e. The van der Waals surface area contributed by atoms with Crippen molar-refractivity contribution in [3.8, 4) is 0 Å². The van der Waals surface area contributed by atoms with E-state index in [1.54, 1.807) is 0 Å². The zero-order valence-corrected chi connectivity index (χ0v) is 9.63. The Morgan fingerprint density at radius 2 is 2.40 bits per heavy atom. The van der Waals surface area contributed by atoms with Crippen molar-refractivity contribution in [1.82, 2.24) is 5.32 Å². The number of nitrogens with one attached hydrogen (secondary N) is 1. The lowest BCUT2D eigenvalue weighted by atomic mass is 9.71. The molecular formula is C11H17NO2S. The lowest BCUT2D eigenvalue weighted by Crippen LogP contribution is -2.41. The molecule has 4 atom stereocenters. The Labute approximate surface area is 95.4 Å². The first kappa shape index (κ1) is 9.97. The van der Waals surface area contributed by atoms with Gasteiger partial charge in [-0.3, -0.25) is 4.79 Å². The molecule has 3 nitrogen and oxygen atoms in total. The van der Waals surface area contributed by atoms with E-state index in [1.165, 1.54) is 6.42 Å². The Morgan fingerprint density at radius 3 is 2.93 bits per heavy atom. The maximum atomic E-state index is 11.8. The maximum Gasteiger partial charge on any atom is 0.312 e. The van der Waals surface area contributed by atoms with Gasteiger partial charge >= 0.3 is 5.97 Å². The second kappa shape index (κ2) is 3.39. The average Bonchev–Trinajstić information content (AvgIpc) is 2.85. The van der Waals surface area contributed by atoms with E-state index < -0.39 is 0 Å². The third-order valence-electron chi connectivity index (χ3n) is 4.64. The molecule has 4 unspecified atom stereocenters. The molecule has 1 saturated heterocycles. The lowest BCUT2D eigenvalue weighted by Gasteiger charge is -2.33. The molecule has 2 saturated carbocycles. The van der Waals surface area contributed by atoms with E-state index in [2.05, 4.69) is 17.9 Å². The third kappa shape index (κ3) is 1.27. The number of ether oxygens (including phenoxy) is 1. The second-order valence-electron chi connectivity index (χ2n) is 5.14. The van der Waals surface area contributed by atoms with Gasteiger partial charge in [0.2, 0.25) is 0 Å². The number of thiol groups is 1. The van der Waals surface area contributed by atoms with Crippen LogP contribution in [0, 0.1) is 17.3 Å². The lowest BCUT2D eigenvalue weighted by molar-refractivity contribution is -0.148. The van der Waals surface area contributed by atoms with Crippen molar-refractivity contribution < 1.29 is 9.53 Å². The minimum atomic E-state index is -0.0839. The van der Waals surface area contributed by atoms with Crippen LogP contribution in [0.5, 0.6) is 0 Å². The topological polar surface area (TPSA) is 38.3 Å². The Bertz CT molecular complexity index is 296. The van der Waals surface area contributed by atoms with E-state index in [-0.39, 0.29) is 11.4 Å². The quantitative estimate of drug-likeness (QED) is 0.423. The summed E-state index contributed by atoms with van der Waals surface area (Å²) in [6.45, 7) is 0.646. The highest BCUT2D eigenvalue weighted by atomic mass is 32.1. The van der Waals surface area contributed by atoms with E-state index in [9.17, 15) is 4.79 Å². The van der Waals surface area contributed by atoms with Gasteiger partial charge in [0, 0.05) is 11.9 Å². The van der Waals surface area contributed by atoms with Gasteiger partial charge in [-0.2, -0.15) is 12.6 Å². The van der Waals surface area contributed by atoms with Crippen molar-refractivity contribution in [2.45, 2.75) is 31.7 Å². The summed E-state index contributed by atoms with van der Waals surface area (Å²) in [5.41, 5.74) is -0.0839. The fourth-order valence-electron chi connectivity index (χ4n) is 3.93. The largest absolute Gasteiger partial charge is 0.465 e. The summed E-state index contributed by atoms with van der Waals surface area (Å²) in [7, 11) is 0. The normalized spacial score (nSPS) is 47.8. The van der Waals surface area contributed by atoms with Gasteiger partial charge in [0.05, 0.1) is 12.0 Å². The molecule has 3 aliphatic rings. The predicted molar refractivity (Wildman–Crippen MR) is 59.6 cm³/mol. The summed E-state index contributed by atoms with van der Waals surface area (Å²) in [6.07, 6.45) is 4.35. The van der Waals surface area contributed by atoms with Crippen molar-refractivity contribution in [1.29, 1.82) is 0 Å². The highest BCUT2D eigenvalue weighted by Gasteiger charge is 2.61. The molecule has 3 rings (SSSR count). The Hall–Kier alpha value is -0.220. The van der Waals surface area contributed by atoms with Gasteiger partial charge in [-0.15, -0.1) is 0 Å². The molecule has 0 radical (unpaired) electrons. The van der Waals surface area contributed by atoms with Crippen molar-refractivity contribution in [3.05, 3.63) is 0 Å². The zero-order valence-electron chi connectivity index (χ0n) is 8.74. The van der Waals surface area contributed by atoms with Crippen LogP contribution >= 0.6 is 12.6 Å². The zero-order chi connectivity index (χ0) is 10.5. The summed E-state index contributed by atoms with van der Waals surface area (Å²) in [6, 6.07) is 0.589. The number of cyclic esters (lactones) is 1. The van der Waals surface area contributed by atoms with Crippen molar-refractivity contribution in [2.24, 2.45) is 17.3 Å². The van der Waals surface area contributed by atoms with Crippen LogP contribution in [-0.4, -0.2) is 24.5 Å². The third-order valence-corrected chi connectivity index (χ3v) is 4.83. The maximum absolute atomic E-state index is 11.8. The van der Waals surface area contributed by atoms with E-state index in [0.29, 0.717) is 24.5 Å². The molecule has 1 heterocycles. The summed E-state index contributed by atoms with van der Waals surface area (Å²) < 4.78 is 5.16. The molecule has 0 aromatic heterocycles. The molecule has 0 amide bonds. The monoisotopic (exact) mass is 227 g/mol. The van der Waals surface area contributed by atoms with Crippen LogP contribution in [0.2, 0.25) is 0 Å². The Kier molecular flexibility index (Phi) is 2.25. The van der Waals surface area contributed by atoms with Crippen LogP contribution in [0.4, 0.5) is 0 Å². The standard InChI is InChI=1S/C11H17NO2S/c13-10-11(1-2-14-10)5-7-3-8(11)4-9(7)12-6-15/h7-9,12,15H,1-6H2. The summed E-state index contributed by atoms with van der Waals surface area (Å²) in [4.78, 5) is 11.8. The number of carbonyl (C=O) groups is 1. The molecule has 84 valence electrons. The molecule has 1 N–H and O–H groups in total. The van der Waals surface area contributed by atoms with Crippen LogP contribution in [0.25, 0.3) is 0 Å². The van der Waals surface area contributed by atoms with Gasteiger partial charge in [0.1, 0.15) is 0 Å². The highest BCUT2D eigenvalue weighted by molar-refractivity contribution is 7.80. The van der Waals surface area contributed by atoms with E-state index in [1.807, 2.05) is 0 Å². The van der Waals surface area contributed by atoms with Crippen LogP contribution in [0.15, 0.2) is 0 Å². The fraction of sp³-hybridized carbons (Fsp3) is 0.909. The van der Waals surface area contributed by atoms with Gasteiger partial charge in [0.15, 0.2) is 0 Å². The van der Waals surface area contributed by atoms with Gasteiger partial charge in [-0.05, 0) is 37.5 Å². The van der Waals surface area contributed by atoms with Crippen LogP contribution in [0.1, 0.15) is 25.7 Å². The summed E-state index contributed by atoms with van der Waals surface area (Å²) in [5.74, 6) is 2.06. The van der Waals surface area contributed by atoms with Crippen molar-refractivity contribution in [2.75, 3.05) is 12.5 Å². The molecule has 0 aromatic carbocycles. The molecule has 4 heteroatoms. The van der Waals surface area contributed by atoms with E-state index in [0.717, 1.165) is 25.1 Å². The number of hydrogen-bond acceptors (Lipinski definition) is 4. The molecule has 3 fully saturated rings. The molecule has 2 bridgehead atoms. The van der Waals surface area contributed by atoms with Gasteiger partial charge in [0.25, 0.3) is 0 Å². The van der Waals surface area contributed by atoms with Gasteiger partial charge in [-0.25, -0.2) is 0 Å². The van der Waals surface area contributed by atoms with E-state index in [4.69, 9.17) is 4.74 Å². The Morgan fingerprint density at radius 1 is 1.53 bits per heavy atom. The van der Waals surface area contributed by atoms with E-state index >= 15 is 0 Å².